The molecular weight excluding hydrogens is 526 g/mol. The summed E-state index contributed by atoms with van der Waals surface area (Å²) in [5, 5.41) is 3.07. The van der Waals surface area contributed by atoms with Gasteiger partial charge in [0.15, 0.2) is 0 Å². The van der Waals surface area contributed by atoms with Crippen molar-refractivity contribution in [2.75, 3.05) is 36.8 Å². The number of carbonyl (C=O) groups excluding carboxylic acids is 1. The Bertz CT molecular complexity index is 1250. The van der Waals surface area contributed by atoms with Crippen LogP contribution in [-0.4, -0.2) is 65.6 Å². The molecule has 0 bridgehead atoms. The number of piperidine rings is 1. The van der Waals surface area contributed by atoms with E-state index in [1.165, 1.54) is 22.5 Å². The highest BCUT2D eigenvalue weighted by Crippen LogP contribution is 2.26. The fraction of sp³-hybridized carbons (Fsp3) is 0.458. The lowest BCUT2D eigenvalue weighted by atomic mass is 10.2. The fourth-order valence-corrected chi connectivity index (χ4v) is 7.00. The first-order valence-electron chi connectivity index (χ1n) is 11.8. The van der Waals surface area contributed by atoms with E-state index in [4.69, 9.17) is 16.3 Å². The summed E-state index contributed by atoms with van der Waals surface area (Å²) >= 11 is 6.03. The normalized spacial score (nSPS) is 15.8. The van der Waals surface area contributed by atoms with Gasteiger partial charge < -0.3 is 10.1 Å². The molecule has 12 heteroatoms. The molecule has 36 heavy (non-hydrogen) atoms. The second kappa shape index (κ2) is 12.3. The van der Waals surface area contributed by atoms with E-state index in [0.29, 0.717) is 29.5 Å². The van der Waals surface area contributed by atoms with E-state index in [1.54, 1.807) is 37.3 Å². The van der Waals surface area contributed by atoms with E-state index in [0.717, 1.165) is 29.8 Å². The fourth-order valence-electron chi connectivity index (χ4n) is 4.10. The van der Waals surface area contributed by atoms with E-state index in [1.807, 2.05) is 0 Å². The van der Waals surface area contributed by atoms with Gasteiger partial charge in [-0.2, -0.15) is 4.31 Å². The number of halogens is 1. The maximum atomic E-state index is 12.9. The number of benzene rings is 2. The van der Waals surface area contributed by atoms with E-state index in [2.05, 4.69) is 5.32 Å². The summed E-state index contributed by atoms with van der Waals surface area (Å²) in [6, 6.07) is 11.6. The summed E-state index contributed by atoms with van der Waals surface area (Å²) < 4.78 is 58.7. The minimum absolute atomic E-state index is 0.121. The van der Waals surface area contributed by atoms with Crippen LogP contribution in [0.2, 0.25) is 5.02 Å². The van der Waals surface area contributed by atoms with Gasteiger partial charge in [0.2, 0.25) is 26.0 Å². The van der Waals surface area contributed by atoms with Crippen LogP contribution in [0.25, 0.3) is 0 Å². The van der Waals surface area contributed by atoms with Crippen molar-refractivity contribution < 1.29 is 26.4 Å². The molecule has 1 fully saturated rings. The third kappa shape index (κ3) is 7.12. The number of hydrogen-bond acceptors (Lipinski definition) is 6. The molecule has 1 unspecified atom stereocenters. The Kier molecular flexibility index (Phi) is 9.62. The molecule has 1 aliphatic heterocycles. The first kappa shape index (κ1) is 28.2. The predicted octanol–water partition coefficient (Wildman–Crippen LogP) is 3.25. The van der Waals surface area contributed by atoms with E-state index in [9.17, 15) is 21.6 Å². The van der Waals surface area contributed by atoms with Crippen molar-refractivity contribution in [3.63, 3.8) is 0 Å². The molecule has 0 radical (unpaired) electrons. The van der Waals surface area contributed by atoms with Crippen LogP contribution < -0.4 is 14.4 Å². The summed E-state index contributed by atoms with van der Waals surface area (Å²) in [6.07, 6.45) is 4.07. The van der Waals surface area contributed by atoms with Crippen molar-refractivity contribution in [3.8, 4) is 5.75 Å². The van der Waals surface area contributed by atoms with Gasteiger partial charge in [-0.05, 0) is 61.7 Å². The number of hydrogen-bond donors (Lipinski definition) is 1. The number of amides is 1. The minimum atomic E-state index is -3.76. The molecule has 3 rings (SSSR count). The third-order valence-electron chi connectivity index (χ3n) is 5.84. The average Bonchev–Trinajstić information content (AvgIpc) is 2.85. The molecule has 2 aromatic carbocycles. The van der Waals surface area contributed by atoms with Gasteiger partial charge in [0.05, 0.1) is 23.4 Å². The van der Waals surface area contributed by atoms with Gasteiger partial charge in [-0.15, -0.1) is 0 Å². The van der Waals surface area contributed by atoms with Gasteiger partial charge >= 0.3 is 0 Å². The number of sulfonamides is 2. The molecule has 1 aliphatic rings. The second-order valence-corrected chi connectivity index (χ2v) is 12.8. The Balaban J connectivity index is 1.57. The van der Waals surface area contributed by atoms with Crippen LogP contribution in [0.15, 0.2) is 53.4 Å². The standard InChI is InChI=1S/C24H32ClN3O6S2/c1-3-23(28(35(2,30)31)20-9-7-8-19(25)18-20)24(29)26-14-17-34-21-10-12-22(13-11-21)36(32,33)27-15-5-4-6-16-27/h7-13,18,23H,3-6,14-17H2,1-2H3,(H,26,29). The number of ether oxygens (including phenoxy) is 1. The highest BCUT2D eigenvalue weighted by Gasteiger charge is 2.31. The SMILES string of the molecule is CCC(C(=O)NCCOc1ccc(S(=O)(=O)N2CCCCC2)cc1)N(c1cccc(Cl)c1)S(C)(=O)=O. The summed E-state index contributed by atoms with van der Waals surface area (Å²) in [7, 11) is -7.27. The molecule has 1 amide bonds. The highest BCUT2D eigenvalue weighted by molar-refractivity contribution is 7.92. The Morgan fingerprint density at radius 3 is 2.33 bits per heavy atom. The van der Waals surface area contributed by atoms with Crippen LogP contribution in [0.3, 0.4) is 0 Å². The van der Waals surface area contributed by atoms with Crippen molar-refractivity contribution in [2.45, 2.75) is 43.5 Å². The van der Waals surface area contributed by atoms with Crippen LogP contribution in [0, 0.1) is 0 Å². The number of rotatable bonds is 11. The monoisotopic (exact) mass is 557 g/mol. The van der Waals surface area contributed by atoms with Gasteiger partial charge in [0, 0.05) is 18.1 Å². The van der Waals surface area contributed by atoms with E-state index >= 15 is 0 Å². The zero-order valence-corrected chi connectivity index (χ0v) is 22.8. The molecule has 0 aromatic heterocycles. The zero-order valence-electron chi connectivity index (χ0n) is 20.4. The molecule has 1 saturated heterocycles. The van der Waals surface area contributed by atoms with Crippen molar-refractivity contribution in [1.82, 2.24) is 9.62 Å². The molecule has 1 heterocycles. The van der Waals surface area contributed by atoms with Crippen LogP contribution in [-0.2, 0) is 24.8 Å². The van der Waals surface area contributed by atoms with Crippen LogP contribution in [0.1, 0.15) is 32.6 Å². The first-order valence-corrected chi connectivity index (χ1v) is 15.5. The van der Waals surface area contributed by atoms with E-state index < -0.39 is 32.0 Å². The molecule has 9 nitrogen and oxygen atoms in total. The zero-order chi connectivity index (χ0) is 26.3. The maximum Gasteiger partial charge on any atom is 0.244 e. The Labute approximate surface area is 218 Å². The molecule has 0 aliphatic carbocycles. The molecular formula is C24H32ClN3O6S2. The lowest BCUT2D eigenvalue weighted by Gasteiger charge is -2.30. The molecule has 0 spiro atoms. The Hall–Kier alpha value is -2.34. The van der Waals surface area contributed by atoms with Crippen LogP contribution in [0.4, 0.5) is 5.69 Å². The Morgan fingerprint density at radius 1 is 1.08 bits per heavy atom. The van der Waals surface area contributed by atoms with Gasteiger partial charge in [-0.1, -0.05) is 31.0 Å². The quantitative estimate of drug-likeness (QED) is 0.424. The predicted molar refractivity (Wildman–Crippen MR) is 140 cm³/mol. The van der Waals surface area contributed by atoms with Gasteiger partial charge in [0.1, 0.15) is 18.4 Å². The summed E-state index contributed by atoms with van der Waals surface area (Å²) in [5.41, 5.74) is 0.308. The van der Waals surface area contributed by atoms with Gasteiger partial charge in [-0.3, -0.25) is 9.10 Å². The third-order valence-corrected chi connectivity index (χ3v) is 9.17. The van der Waals surface area contributed by atoms with Crippen molar-refractivity contribution in [2.24, 2.45) is 0 Å². The average molecular weight is 558 g/mol. The Morgan fingerprint density at radius 2 is 1.75 bits per heavy atom. The van der Waals surface area contributed by atoms with Crippen molar-refractivity contribution in [1.29, 1.82) is 0 Å². The maximum absolute atomic E-state index is 12.9. The summed E-state index contributed by atoms with van der Waals surface area (Å²) in [4.78, 5) is 13.1. The largest absolute Gasteiger partial charge is 0.492 e. The lowest BCUT2D eigenvalue weighted by Crippen LogP contribution is -2.50. The number of nitrogens with zero attached hydrogens (tertiary/aromatic N) is 2. The summed E-state index contributed by atoms with van der Waals surface area (Å²) in [5.74, 6) is 0.0000444. The second-order valence-electron chi connectivity index (χ2n) is 8.54. The van der Waals surface area contributed by atoms with Gasteiger partial charge in [0.25, 0.3) is 0 Å². The summed E-state index contributed by atoms with van der Waals surface area (Å²) in [6.45, 7) is 3.05. The first-order chi connectivity index (χ1) is 17.0. The van der Waals surface area contributed by atoms with Crippen LogP contribution in [0.5, 0.6) is 5.75 Å². The molecule has 0 saturated carbocycles. The number of carbonyl (C=O) groups is 1. The lowest BCUT2D eigenvalue weighted by molar-refractivity contribution is -0.122. The molecule has 198 valence electrons. The number of nitrogens with one attached hydrogen (secondary N) is 1. The number of anilines is 1. The highest BCUT2D eigenvalue weighted by atomic mass is 35.5. The molecule has 2 aromatic rings. The molecule has 1 atom stereocenters. The smallest absolute Gasteiger partial charge is 0.244 e. The van der Waals surface area contributed by atoms with Crippen LogP contribution >= 0.6 is 11.6 Å². The van der Waals surface area contributed by atoms with Crippen molar-refractivity contribution >= 4 is 43.2 Å². The van der Waals surface area contributed by atoms with Gasteiger partial charge in [-0.25, -0.2) is 16.8 Å². The minimum Gasteiger partial charge on any atom is -0.492 e. The van der Waals surface area contributed by atoms with E-state index in [-0.39, 0.29) is 24.5 Å². The topological polar surface area (TPSA) is 113 Å². The molecule has 1 N–H and O–H groups in total. The van der Waals surface area contributed by atoms with Crippen molar-refractivity contribution in [3.05, 3.63) is 53.6 Å².